The molecule has 1 unspecified atom stereocenters. The Morgan fingerprint density at radius 1 is 1.00 bits per heavy atom. The Morgan fingerprint density at radius 2 is 1.74 bits per heavy atom. The number of hydrogen-bond donors (Lipinski definition) is 2. The first-order valence-corrected chi connectivity index (χ1v) is 6.09. The lowest BCUT2D eigenvalue weighted by Gasteiger charge is -2.28. The molecule has 4 nitrogen and oxygen atoms in total. The molecule has 3 rings (SSSR count). The van der Waals surface area contributed by atoms with Crippen LogP contribution in [0.2, 0.25) is 0 Å². The van der Waals surface area contributed by atoms with Crippen LogP contribution in [0, 0.1) is 0 Å². The molecule has 4 heteroatoms. The molecular weight excluding hydrogens is 240 g/mol. The quantitative estimate of drug-likeness (QED) is 0.866. The zero-order valence-corrected chi connectivity index (χ0v) is 10.5. The molecule has 0 spiro atoms. The smallest absolute Gasteiger partial charge is 0.255 e. The minimum atomic E-state index is -0.279. The third-order valence-corrected chi connectivity index (χ3v) is 3.20. The van der Waals surface area contributed by atoms with E-state index in [4.69, 9.17) is 4.74 Å². The predicted octanol–water partition coefficient (Wildman–Crippen LogP) is 2.55. The van der Waals surface area contributed by atoms with E-state index in [1.165, 1.54) is 0 Å². The van der Waals surface area contributed by atoms with Crippen LogP contribution in [0.4, 0.5) is 5.69 Å². The molecule has 2 aromatic carbocycles. The third kappa shape index (κ3) is 2.01. The first-order valence-electron chi connectivity index (χ1n) is 6.09. The van der Waals surface area contributed by atoms with Crippen molar-refractivity contribution < 1.29 is 9.53 Å². The van der Waals surface area contributed by atoms with Crippen LogP contribution >= 0.6 is 0 Å². The van der Waals surface area contributed by atoms with Crippen molar-refractivity contribution in [1.82, 2.24) is 5.32 Å². The molecule has 0 saturated carbocycles. The van der Waals surface area contributed by atoms with Crippen LogP contribution in [0.15, 0.2) is 48.5 Å². The summed E-state index contributed by atoms with van der Waals surface area (Å²) in [5.74, 6) is 0.671. The maximum atomic E-state index is 12.1. The largest absolute Gasteiger partial charge is 0.496 e. The fourth-order valence-corrected chi connectivity index (χ4v) is 2.27. The van der Waals surface area contributed by atoms with Gasteiger partial charge < -0.3 is 15.4 Å². The van der Waals surface area contributed by atoms with Crippen LogP contribution in [-0.4, -0.2) is 13.0 Å². The molecule has 1 atom stereocenters. The highest BCUT2D eigenvalue weighted by molar-refractivity contribution is 6.01. The van der Waals surface area contributed by atoms with Crippen LogP contribution in [0.25, 0.3) is 0 Å². The summed E-state index contributed by atoms with van der Waals surface area (Å²) in [7, 11) is 1.62. The second kappa shape index (κ2) is 4.65. The first-order chi connectivity index (χ1) is 9.29. The summed E-state index contributed by atoms with van der Waals surface area (Å²) in [6.07, 6.45) is -0.279. The minimum Gasteiger partial charge on any atom is -0.496 e. The highest BCUT2D eigenvalue weighted by Crippen LogP contribution is 2.30. The Bertz CT molecular complexity index is 625. The fraction of sp³-hybridized carbons (Fsp3) is 0.133. The van der Waals surface area contributed by atoms with Gasteiger partial charge in [-0.1, -0.05) is 30.3 Å². The van der Waals surface area contributed by atoms with Gasteiger partial charge in [-0.3, -0.25) is 4.79 Å². The zero-order chi connectivity index (χ0) is 13.2. The van der Waals surface area contributed by atoms with Crippen LogP contribution < -0.4 is 15.4 Å². The van der Waals surface area contributed by atoms with Gasteiger partial charge in [0.25, 0.3) is 5.91 Å². The Morgan fingerprint density at radius 3 is 2.58 bits per heavy atom. The van der Waals surface area contributed by atoms with Crippen molar-refractivity contribution in [3.8, 4) is 5.75 Å². The van der Waals surface area contributed by atoms with Gasteiger partial charge in [-0.2, -0.15) is 0 Å². The average molecular weight is 254 g/mol. The molecular formula is C15H14N2O2. The van der Waals surface area contributed by atoms with Gasteiger partial charge in [0.05, 0.1) is 12.7 Å². The molecule has 0 aliphatic carbocycles. The van der Waals surface area contributed by atoms with Crippen LogP contribution in [0.5, 0.6) is 5.75 Å². The molecule has 2 aromatic rings. The van der Waals surface area contributed by atoms with E-state index in [0.717, 1.165) is 17.0 Å². The molecule has 1 aliphatic heterocycles. The summed E-state index contributed by atoms with van der Waals surface area (Å²) in [6.45, 7) is 0. The molecule has 0 radical (unpaired) electrons. The monoisotopic (exact) mass is 254 g/mol. The second-order valence-electron chi connectivity index (χ2n) is 4.34. The van der Waals surface area contributed by atoms with Crippen molar-refractivity contribution >= 4 is 11.6 Å². The van der Waals surface area contributed by atoms with E-state index in [-0.39, 0.29) is 12.1 Å². The number of amides is 1. The molecule has 96 valence electrons. The molecule has 19 heavy (non-hydrogen) atoms. The maximum absolute atomic E-state index is 12.1. The van der Waals surface area contributed by atoms with Gasteiger partial charge in [-0.15, -0.1) is 0 Å². The first kappa shape index (κ1) is 11.6. The number of nitrogens with one attached hydrogen (secondary N) is 2. The number of hydrogen-bond acceptors (Lipinski definition) is 3. The summed E-state index contributed by atoms with van der Waals surface area (Å²) >= 11 is 0. The van der Waals surface area contributed by atoms with E-state index in [0.29, 0.717) is 5.56 Å². The molecule has 1 amide bonds. The Balaban J connectivity index is 1.99. The molecule has 1 aliphatic rings. The molecule has 2 N–H and O–H groups in total. The van der Waals surface area contributed by atoms with E-state index in [9.17, 15) is 4.79 Å². The fourth-order valence-electron chi connectivity index (χ4n) is 2.27. The lowest BCUT2D eigenvalue weighted by atomic mass is 10.1. The van der Waals surface area contributed by atoms with E-state index in [2.05, 4.69) is 10.6 Å². The van der Waals surface area contributed by atoms with Crippen molar-refractivity contribution in [2.24, 2.45) is 0 Å². The lowest BCUT2D eigenvalue weighted by Crippen LogP contribution is -2.38. The van der Waals surface area contributed by atoms with Crippen LogP contribution in [0.1, 0.15) is 22.1 Å². The normalized spacial score (nSPS) is 17.1. The van der Waals surface area contributed by atoms with E-state index in [1.54, 1.807) is 13.2 Å². The summed E-state index contributed by atoms with van der Waals surface area (Å²) in [4.78, 5) is 12.1. The standard InChI is InChI=1S/C15H14N2O2/c1-19-13-9-5-3-7-11(13)14-16-12-8-4-2-6-10(12)15(18)17-14/h2-9,14,16H,1H3,(H,17,18). The van der Waals surface area contributed by atoms with Gasteiger partial charge in [0.15, 0.2) is 0 Å². The summed E-state index contributed by atoms with van der Waals surface area (Å²) in [5.41, 5.74) is 2.41. The van der Waals surface area contributed by atoms with Gasteiger partial charge >= 0.3 is 0 Å². The highest BCUT2D eigenvalue weighted by atomic mass is 16.5. The SMILES string of the molecule is COc1ccccc1C1NC(=O)c2ccccc2N1. The number of benzene rings is 2. The Kier molecular flexibility index (Phi) is 2.83. The number of carbonyl (C=O) groups excluding carboxylic acids is 1. The molecule has 0 saturated heterocycles. The van der Waals surface area contributed by atoms with Crippen molar-refractivity contribution in [2.75, 3.05) is 12.4 Å². The highest BCUT2D eigenvalue weighted by Gasteiger charge is 2.25. The Labute approximate surface area is 111 Å². The maximum Gasteiger partial charge on any atom is 0.255 e. The van der Waals surface area contributed by atoms with Gasteiger partial charge in [0, 0.05) is 11.3 Å². The summed E-state index contributed by atoms with van der Waals surface area (Å²) in [6, 6.07) is 15.1. The number of methoxy groups -OCH3 is 1. The number of para-hydroxylation sites is 2. The van der Waals surface area contributed by atoms with Crippen LogP contribution in [0.3, 0.4) is 0 Å². The zero-order valence-electron chi connectivity index (χ0n) is 10.5. The number of carbonyl (C=O) groups is 1. The molecule has 0 bridgehead atoms. The number of ether oxygens (including phenoxy) is 1. The molecule has 0 fully saturated rings. The van der Waals surface area contributed by atoms with Gasteiger partial charge in [0.2, 0.25) is 0 Å². The van der Waals surface area contributed by atoms with Crippen molar-refractivity contribution in [2.45, 2.75) is 6.17 Å². The number of anilines is 1. The lowest BCUT2D eigenvalue weighted by molar-refractivity contribution is 0.0935. The van der Waals surface area contributed by atoms with Gasteiger partial charge in [-0.05, 0) is 18.2 Å². The van der Waals surface area contributed by atoms with Gasteiger partial charge in [-0.25, -0.2) is 0 Å². The minimum absolute atomic E-state index is 0.0785. The van der Waals surface area contributed by atoms with E-state index in [1.807, 2.05) is 42.5 Å². The molecule has 1 heterocycles. The molecule has 0 aromatic heterocycles. The number of rotatable bonds is 2. The van der Waals surface area contributed by atoms with Crippen molar-refractivity contribution in [1.29, 1.82) is 0 Å². The van der Waals surface area contributed by atoms with Crippen LogP contribution in [-0.2, 0) is 0 Å². The average Bonchev–Trinajstić information content (AvgIpc) is 2.47. The number of fused-ring (bicyclic) bond motifs is 1. The second-order valence-corrected chi connectivity index (χ2v) is 4.34. The van der Waals surface area contributed by atoms with Gasteiger partial charge in [0.1, 0.15) is 11.9 Å². The third-order valence-electron chi connectivity index (χ3n) is 3.20. The van der Waals surface area contributed by atoms with E-state index < -0.39 is 0 Å². The van der Waals surface area contributed by atoms with Crippen molar-refractivity contribution in [3.63, 3.8) is 0 Å². The van der Waals surface area contributed by atoms with E-state index >= 15 is 0 Å². The Hall–Kier alpha value is -2.49. The predicted molar refractivity (Wildman–Crippen MR) is 73.3 cm³/mol. The van der Waals surface area contributed by atoms with Crippen molar-refractivity contribution in [3.05, 3.63) is 59.7 Å². The topological polar surface area (TPSA) is 50.4 Å². The summed E-state index contributed by atoms with van der Waals surface area (Å²) < 4.78 is 5.33. The summed E-state index contributed by atoms with van der Waals surface area (Å²) in [5, 5.41) is 6.24.